The minimum absolute atomic E-state index is 0.0776. The summed E-state index contributed by atoms with van der Waals surface area (Å²) in [5.41, 5.74) is 1.92. The van der Waals surface area contributed by atoms with E-state index in [9.17, 15) is 10.2 Å². The molecular formula is C20H22O2S2. The van der Waals surface area contributed by atoms with Gasteiger partial charge in [0.05, 0.1) is 0 Å². The van der Waals surface area contributed by atoms with Gasteiger partial charge in [0, 0.05) is 21.3 Å². The number of rotatable bonds is 4. The Hall–Kier alpha value is -1.52. The minimum Gasteiger partial charge on any atom is -0.508 e. The smallest absolute Gasteiger partial charge is 0.119 e. The molecular weight excluding hydrogens is 336 g/mol. The van der Waals surface area contributed by atoms with Gasteiger partial charge in [0.25, 0.3) is 0 Å². The van der Waals surface area contributed by atoms with Gasteiger partial charge in [-0.1, -0.05) is 12.2 Å². The lowest BCUT2D eigenvalue weighted by molar-refractivity contribution is 0.434. The molecule has 2 aromatic rings. The molecule has 1 aliphatic rings. The molecule has 0 saturated heterocycles. The largest absolute Gasteiger partial charge is 0.508 e. The molecule has 2 nitrogen and oxygen atoms in total. The van der Waals surface area contributed by atoms with E-state index in [2.05, 4.69) is 24.3 Å². The van der Waals surface area contributed by atoms with Crippen molar-refractivity contribution in [2.75, 3.05) is 12.5 Å². The molecule has 0 radical (unpaired) electrons. The van der Waals surface area contributed by atoms with Crippen LogP contribution in [-0.2, 0) is 0 Å². The van der Waals surface area contributed by atoms with Crippen LogP contribution in [0.1, 0.15) is 35.8 Å². The second kappa shape index (κ2) is 7.58. The van der Waals surface area contributed by atoms with Crippen LogP contribution in [0, 0.1) is 0 Å². The van der Waals surface area contributed by atoms with E-state index < -0.39 is 0 Å². The molecule has 3 rings (SSSR count). The van der Waals surface area contributed by atoms with Crippen LogP contribution in [0.15, 0.2) is 58.3 Å². The average Bonchev–Trinajstić information content (AvgIpc) is 2.63. The van der Waals surface area contributed by atoms with E-state index in [0.29, 0.717) is 11.5 Å². The van der Waals surface area contributed by atoms with Gasteiger partial charge in [0.2, 0.25) is 0 Å². The monoisotopic (exact) mass is 358 g/mol. The van der Waals surface area contributed by atoms with E-state index in [1.165, 1.54) is 0 Å². The normalized spacial score (nSPS) is 20.2. The molecule has 0 aliphatic heterocycles. The summed E-state index contributed by atoms with van der Waals surface area (Å²) in [7, 11) is 0. The van der Waals surface area contributed by atoms with Crippen molar-refractivity contribution >= 4 is 23.5 Å². The maximum absolute atomic E-state index is 10.4. The summed E-state index contributed by atoms with van der Waals surface area (Å²) in [5, 5.41) is 20.8. The van der Waals surface area contributed by atoms with Crippen molar-refractivity contribution in [3.05, 3.63) is 59.7 Å². The molecule has 0 bridgehead atoms. The molecule has 24 heavy (non-hydrogen) atoms. The van der Waals surface area contributed by atoms with E-state index in [1.807, 2.05) is 24.6 Å². The van der Waals surface area contributed by atoms with Crippen LogP contribution >= 0.6 is 23.5 Å². The Morgan fingerprint density at radius 1 is 0.875 bits per heavy atom. The fourth-order valence-electron chi connectivity index (χ4n) is 3.38. The van der Waals surface area contributed by atoms with Gasteiger partial charge < -0.3 is 10.2 Å². The molecule has 2 N–H and O–H groups in total. The predicted molar refractivity (Wildman–Crippen MR) is 104 cm³/mol. The van der Waals surface area contributed by atoms with Gasteiger partial charge in [-0.25, -0.2) is 0 Å². The summed E-state index contributed by atoms with van der Waals surface area (Å²) in [4.78, 5) is 2.29. The first kappa shape index (κ1) is 17.3. The highest BCUT2D eigenvalue weighted by molar-refractivity contribution is 7.98. The third-order valence-corrected chi connectivity index (χ3v) is 6.10. The third-order valence-electron chi connectivity index (χ3n) is 4.65. The van der Waals surface area contributed by atoms with E-state index in [4.69, 9.17) is 0 Å². The Labute approximate surface area is 152 Å². The van der Waals surface area contributed by atoms with Crippen molar-refractivity contribution in [1.82, 2.24) is 0 Å². The summed E-state index contributed by atoms with van der Waals surface area (Å²) in [6, 6.07) is 11.6. The summed E-state index contributed by atoms with van der Waals surface area (Å²) >= 11 is 3.35. The SMILES string of the molecule is CSc1ccc(O)c([C@H]2C=CCC[C@@H]2c2cc(SC)ccc2O)c1. The van der Waals surface area contributed by atoms with Crippen LogP contribution in [0.2, 0.25) is 0 Å². The Morgan fingerprint density at radius 3 is 2.08 bits per heavy atom. The highest BCUT2D eigenvalue weighted by Crippen LogP contribution is 2.47. The lowest BCUT2D eigenvalue weighted by Gasteiger charge is -2.30. The first-order valence-electron chi connectivity index (χ1n) is 8.04. The molecule has 2 atom stereocenters. The summed E-state index contributed by atoms with van der Waals surface area (Å²) in [6.45, 7) is 0. The molecule has 126 valence electrons. The van der Waals surface area contributed by atoms with Crippen molar-refractivity contribution in [3.63, 3.8) is 0 Å². The summed E-state index contributed by atoms with van der Waals surface area (Å²) in [6.07, 6.45) is 10.4. The number of phenolic OH excluding ortho intramolecular Hbond substituents is 2. The topological polar surface area (TPSA) is 40.5 Å². The molecule has 4 heteroatoms. The molecule has 0 spiro atoms. The highest BCUT2D eigenvalue weighted by atomic mass is 32.2. The Balaban J connectivity index is 2.06. The zero-order chi connectivity index (χ0) is 17.1. The molecule has 0 heterocycles. The zero-order valence-electron chi connectivity index (χ0n) is 13.9. The number of thioether (sulfide) groups is 2. The van der Waals surface area contributed by atoms with Crippen LogP contribution in [0.4, 0.5) is 0 Å². The van der Waals surface area contributed by atoms with E-state index in [-0.39, 0.29) is 11.8 Å². The van der Waals surface area contributed by atoms with Crippen molar-refractivity contribution < 1.29 is 10.2 Å². The van der Waals surface area contributed by atoms with Gasteiger partial charge in [-0.3, -0.25) is 0 Å². The predicted octanol–water partition coefficient (Wildman–Crippen LogP) is 5.76. The third kappa shape index (κ3) is 3.45. The van der Waals surface area contributed by atoms with E-state index in [1.54, 1.807) is 35.7 Å². The van der Waals surface area contributed by atoms with Gasteiger partial charge in [-0.05, 0) is 73.2 Å². The first-order valence-corrected chi connectivity index (χ1v) is 10.5. The zero-order valence-corrected chi connectivity index (χ0v) is 15.5. The molecule has 1 aliphatic carbocycles. The second-order valence-electron chi connectivity index (χ2n) is 5.99. The summed E-state index contributed by atoms with van der Waals surface area (Å²) < 4.78 is 0. The Morgan fingerprint density at radius 2 is 1.46 bits per heavy atom. The van der Waals surface area contributed by atoms with Gasteiger partial charge >= 0.3 is 0 Å². The number of hydrogen-bond acceptors (Lipinski definition) is 4. The van der Waals surface area contributed by atoms with Gasteiger partial charge in [-0.2, -0.15) is 0 Å². The van der Waals surface area contributed by atoms with Gasteiger partial charge in [0.1, 0.15) is 11.5 Å². The van der Waals surface area contributed by atoms with Crippen molar-refractivity contribution in [3.8, 4) is 11.5 Å². The van der Waals surface area contributed by atoms with Crippen LogP contribution in [-0.4, -0.2) is 22.7 Å². The summed E-state index contributed by atoms with van der Waals surface area (Å²) in [5.74, 6) is 0.924. The Kier molecular flexibility index (Phi) is 5.47. The van der Waals surface area contributed by atoms with Crippen molar-refractivity contribution in [2.24, 2.45) is 0 Å². The average molecular weight is 359 g/mol. The molecule has 0 unspecified atom stereocenters. The highest BCUT2D eigenvalue weighted by Gasteiger charge is 2.29. The molecule has 0 aromatic heterocycles. The fourth-order valence-corrected chi connectivity index (χ4v) is 4.28. The van der Waals surface area contributed by atoms with Gasteiger partial charge in [-0.15, -0.1) is 23.5 Å². The maximum Gasteiger partial charge on any atom is 0.119 e. The van der Waals surface area contributed by atoms with E-state index >= 15 is 0 Å². The second-order valence-corrected chi connectivity index (χ2v) is 7.75. The molecule has 2 aromatic carbocycles. The molecule has 0 amide bonds. The quantitative estimate of drug-likeness (QED) is 0.538. The maximum atomic E-state index is 10.4. The number of hydrogen-bond donors (Lipinski definition) is 2. The van der Waals surface area contributed by atoms with Crippen LogP contribution in [0.25, 0.3) is 0 Å². The van der Waals surface area contributed by atoms with Crippen LogP contribution in [0.3, 0.4) is 0 Å². The number of allylic oxidation sites excluding steroid dienone is 2. The number of aromatic hydroxyl groups is 2. The van der Waals surface area contributed by atoms with E-state index in [0.717, 1.165) is 33.8 Å². The lowest BCUT2D eigenvalue weighted by atomic mass is 9.75. The first-order chi connectivity index (χ1) is 11.6. The lowest BCUT2D eigenvalue weighted by Crippen LogP contribution is -2.13. The molecule has 0 fully saturated rings. The number of phenols is 2. The van der Waals surface area contributed by atoms with Crippen molar-refractivity contribution in [2.45, 2.75) is 34.5 Å². The number of benzene rings is 2. The Bertz CT molecular complexity index is 755. The fraction of sp³-hybridized carbons (Fsp3) is 0.300. The standard InChI is InChI=1S/C20H22O2S2/c1-23-13-7-9-19(21)17(11-13)15-5-3-4-6-16(15)18-12-14(24-2)8-10-20(18)22/h3,5,7-12,15-16,21-22H,4,6H2,1-2H3/t15-,16-/m0/s1. The molecule has 0 saturated carbocycles. The van der Waals surface area contributed by atoms with Crippen molar-refractivity contribution in [1.29, 1.82) is 0 Å². The van der Waals surface area contributed by atoms with Crippen LogP contribution < -0.4 is 0 Å². The minimum atomic E-state index is 0.0776. The van der Waals surface area contributed by atoms with Crippen LogP contribution in [0.5, 0.6) is 11.5 Å². The van der Waals surface area contributed by atoms with Gasteiger partial charge in [0.15, 0.2) is 0 Å².